The molecule has 2 fully saturated rings. The average molecular weight is 653 g/mol. The van der Waals surface area contributed by atoms with Gasteiger partial charge in [-0.15, -0.1) is 11.3 Å². The molecule has 3 heterocycles. The van der Waals surface area contributed by atoms with Gasteiger partial charge in [0.25, 0.3) is 5.91 Å². The molecule has 6 rings (SSSR count). The molecule has 2 bridgehead atoms. The minimum Gasteiger partial charge on any atom is -0.489 e. The number of piperidine rings is 1. The highest BCUT2D eigenvalue weighted by Gasteiger charge is 2.41. The van der Waals surface area contributed by atoms with Crippen LogP contribution in [-0.2, 0) is 17.8 Å². The third-order valence-electron chi connectivity index (χ3n) is 8.09. The van der Waals surface area contributed by atoms with Crippen LogP contribution in [0.2, 0.25) is 15.1 Å². The van der Waals surface area contributed by atoms with E-state index in [-0.39, 0.29) is 35.4 Å². The highest BCUT2D eigenvalue weighted by Crippen LogP contribution is 2.41. The van der Waals surface area contributed by atoms with E-state index in [1.54, 1.807) is 17.4 Å². The maximum Gasteiger partial charge on any atom is 0.252 e. The van der Waals surface area contributed by atoms with E-state index in [4.69, 9.17) is 39.5 Å². The minimum absolute atomic E-state index is 0.000876. The molecule has 42 heavy (non-hydrogen) atoms. The monoisotopic (exact) mass is 651 g/mol. The molecular formula is C31H30Cl3F2N3O2S. The van der Waals surface area contributed by atoms with Crippen LogP contribution < -0.4 is 10.1 Å². The fourth-order valence-corrected chi connectivity index (χ4v) is 7.47. The van der Waals surface area contributed by atoms with Crippen LogP contribution >= 0.6 is 46.1 Å². The van der Waals surface area contributed by atoms with Gasteiger partial charge in [-0.2, -0.15) is 0 Å². The first-order chi connectivity index (χ1) is 20.3. The lowest BCUT2D eigenvalue weighted by Gasteiger charge is -2.40. The molecule has 1 amide bonds. The van der Waals surface area contributed by atoms with Crippen LogP contribution in [0, 0.1) is 11.6 Å². The molecule has 1 N–H and O–H groups in total. The summed E-state index contributed by atoms with van der Waals surface area (Å²) in [6.45, 7) is 0.581. The third-order valence-corrected chi connectivity index (χ3v) is 10.4. The van der Waals surface area contributed by atoms with Crippen molar-refractivity contribution in [2.45, 2.75) is 76.0 Å². The van der Waals surface area contributed by atoms with E-state index in [0.29, 0.717) is 35.5 Å². The summed E-state index contributed by atoms with van der Waals surface area (Å²) < 4.78 is 33.2. The zero-order valence-corrected chi connectivity index (χ0v) is 25.9. The Morgan fingerprint density at radius 1 is 1.07 bits per heavy atom. The number of fused-ring (bicyclic) bond motifs is 2. The second-order valence-corrected chi connectivity index (χ2v) is 13.3. The number of benzene rings is 2. The van der Waals surface area contributed by atoms with Crippen LogP contribution in [0.3, 0.4) is 0 Å². The second kappa shape index (κ2) is 12.8. The zero-order chi connectivity index (χ0) is 29.4. The number of nitrogens with zero attached hydrogens (tertiary/aromatic N) is 2. The molecule has 5 nitrogen and oxygen atoms in total. The lowest BCUT2D eigenvalue weighted by molar-refractivity contribution is -0.128. The Balaban J connectivity index is 1.21. The van der Waals surface area contributed by atoms with Crippen LogP contribution in [0.1, 0.15) is 60.4 Å². The Labute approximate surface area is 262 Å². The first kappa shape index (κ1) is 29.8. The second-order valence-electron chi connectivity index (χ2n) is 11.1. The first-order valence-electron chi connectivity index (χ1n) is 14.2. The SMILES string of the molecule is O=C(C1=C(c2cnc(CCCOc3c(F)ccc(F)c3Cl)s2)C[C@@H]2CCC[C@H]1N2)N(Cc1cccc(Cl)c1Cl)C1CC1. The standard InChI is InChI=1S/C31H30Cl3F2N3O2S/c32-21-6-1-4-17(28(21)33)16-39(19-9-10-19)31(40)27-20(14-18-5-2-7-24(27)38-18)25-15-37-26(42-25)8-3-13-41-30-23(36)12-11-22(35)29(30)34/h1,4,6,11-12,15,18-19,24,38H,2-3,5,7-10,13-14,16H2/t18-,24+/m0/s1. The Morgan fingerprint density at radius 3 is 2.69 bits per heavy atom. The quantitative estimate of drug-likeness (QED) is 0.177. The average Bonchev–Trinajstić information content (AvgIpc) is 3.71. The summed E-state index contributed by atoms with van der Waals surface area (Å²) in [5, 5.41) is 5.22. The normalized spacial score (nSPS) is 20.1. The molecule has 3 aliphatic rings. The van der Waals surface area contributed by atoms with E-state index in [1.165, 1.54) is 0 Å². The van der Waals surface area contributed by atoms with Gasteiger partial charge in [-0.3, -0.25) is 4.79 Å². The summed E-state index contributed by atoms with van der Waals surface area (Å²) in [6, 6.07) is 8.04. The number of carbonyl (C=O) groups excluding carboxylic acids is 1. The fraction of sp³-hybridized carbons (Fsp3) is 0.419. The molecule has 222 valence electrons. The smallest absolute Gasteiger partial charge is 0.252 e. The third kappa shape index (κ3) is 6.34. The van der Waals surface area contributed by atoms with Crippen molar-refractivity contribution in [2.75, 3.05) is 6.61 Å². The molecule has 0 radical (unpaired) electrons. The van der Waals surface area contributed by atoms with E-state index in [2.05, 4.69) is 10.3 Å². The molecule has 0 spiro atoms. The summed E-state index contributed by atoms with van der Waals surface area (Å²) in [6.07, 6.45) is 8.82. The number of carbonyl (C=O) groups is 1. The molecule has 1 saturated carbocycles. The van der Waals surface area contributed by atoms with Crippen molar-refractivity contribution in [3.8, 4) is 5.75 Å². The van der Waals surface area contributed by atoms with E-state index < -0.39 is 11.6 Å². The highest BCUT2D eigenvalue weighted by atomic mass is 35.5. The number of hydrogen-bond acceptors (Lipinski definition) is 5. The molecule has 1 aliphatic carbocycles. The van der Waals surface area contributed by atoms with Crippen molar-refractivity contribution < 1.29 is 18.3 Å². The maximum atomic E-state index is 14.3. The van der Waals surface area contributed by atoms with Gasteiger partial charge in [0, 0.05) is 42.9 Å². The van der Waals surface area contributed by atoms with Gasteiger partial charge in [0.15, 0.2) is 11.6 Å². The van der Waals surface area contributed by atoms with Gasteiger partial charge in [-0.1, -0.05) is 46.9 Å². The van der Waals surface area contributed by atoms with Gasteiger partial charge < -0.3 is 15.0 Å². The Bertz CT molecular complexity index is 1530. The van der Waals surface area contributed by atoms with Crippen molar-refractivity contribution in [3.63, 3.8) is 0 Å². The Hall–Kier alpha value is -2.23. The van der Waals surface area contributed by atoms with Crippen molar-refractivity contribution in [2.24, 2.45) is 0 Å². The van der Waals surface area contributed by atoms with E-state index in [9.17, 15) is 13.6 Å². The predicted octanol–water partition coefficient (Wildman–Crippen LogP) is 8.25. The number of aromatic nitrogens is 1. The number of ether oxygens (including phenoxy) is 1. The van der Waals surface area contributed by atoms with E-state index in [0.717, 1.165) is 77.3 Å². The van der Waals surface area contributed by atoms with Crippen molar-refractivity contribution in [1.29, 1.82) is 0 Å². The molecule has 3 aromatic rings. The molecule has 2 aromatic carbocycles. The number of halogens is 5. The topological polar surface area (TPSA) is 54.5 Å². The summed E-state index contributed by atoms with van der Waals surface area (Å²) in [4.78, 5) is 22.0. The molecule has 11 heteroatoms. The lowest BCUT2D eigenvalue weighted by Crippen LogP contribution is -2.51. The molecule has 2 atom stereocenters. The van der Waals surface area contributed by atoms with Crippen LogP contribution in [-0.4, -0.2) is 40.5 Å². The Morgan fingerprint density at radius 2 is 1.88 bits per heavy atom. The molecule has 1 saturated heterocycles. The molecular weight excluding hydrogens is 623 g/mol. The number of amides is 1. The van der Waals surface area contributed by atoms with Crippen LogP contribution in [0.25, 0.3) is 5.57 Å². The van der Waals surface area contributed by atoms with Gasteiger partial charge >= 0.3 is 0 Å². The lowest BCUT2D eigenvalue weighted by atomic mass is 9.81. The van der Waals surface area contributed by atoms with Gasteiger partial charge in [-0.25, -0.2) is 13.8 Å². The predicted molar refractivity (Wildman–Crippen MR) is 163 cm³/mol. The largest absolute Gasteiger partial charge is 0.489 e. The summed E-state index contributed by atoms with van der Waals surface area (Å²) in [5.74, 6) is -1.64. The summed E-state index contributed by atoms with van der Waals surface area (Å²) >= 11 is 20.2. The number of aryl methyl sites for hydroxylation is 1. The minimum atomic E-state index is -0.723. The van der Waals surface area contributed by atoms with Gasteiger partial charge in [0.2, 0.25) is 0 Å². The van der Waals surface area contributed by atoms with Crippen LogP contribution in [0.5, 0.6) is 5.75 Å². The van der Waals surface area contributed by atoms with E-state index >= 15 is 0 Å². The molecule has 1 aromatic heterocycles. The summed E-state index contributed by atoms with van der Waals surface area (Å²) in [7, 11) is 0. The number of thiazole rings is 1. The summed E-state index contributed by atoms with van der Waals surface area (Å²) in [5.41, 5.74) is 2.76. The molecule has 2 aliphatic heterocycles. The van der Waals surface area contributed by atoms with Crippen molar-refractivity contribution in [3.05, 3.63) is 84.3 Å². The zero-order valence-electron chi connectivity index (χ0n) is 22.8. The number of rotatable bonds is 10. The first-order valence-corrected chi connectivity index (χ1v) is 16.2. The van der Waals surface area contributed by atoms with E-state index in [1.807, 2.05) is 23.2 Å². The number of nitrogens with one attached hydrogen (secondary N) is 1. The van der Waals surface area contributed by atoms with Crippen LogP contribution in [0.15, 0.2) is 42.1 Å². The highest BCUT2D eigenvalue weighted by molar-refractivity contribution is 7.12. The fourth-order valence-electron chi connectivity index (χ4n) is 5.85. The van der Waals surface area contributed by atoms with Crippen molar-refractivity contribution >= 4 is 57.6 Å². The van der Waals surface area contributed by atoms with Gasteiger partial charge in [0.1, 0.15) is 10.8 Å². The Kier molecular flexibility index (Phi) is 9.08. The van der Waals surface area contributed by atoms with Crippen LogP contribution in [0.4, 0.5) is 8.78 Å². The van der Waals surface area contributed by atoms with Gasteiger partial charge in [0.05, 0.1) is 26.5 Å². The maximum absolute atomic E-state index is 14.3. The van der Waals surface area contributed by atoms with Crippen molar-refractivity contribution in [1.82, 2.24) is 15.2 Å². The van der Waals surface area contributed by atoms with Gasteiger partial charge in [-0.05, 0) is 74.3 Å². The molecule has 0 unspecified atom stereocenters. The number of hydrogen-bond donors (Lipinski definition) is 1.